The number of amides is 1. The number of aryl methyl sites for hydroxylation is 2. The molecule has 0 radical (unpaired) electrons. The number of methoxy groups -OCH3 is 1. The van der Waals surface area contributed by atoms with E-state index in [0.29, 0.717) is 23.7 Å². The maximum atomic E-state index is 11.7. The summed E-state index contributed by atoms with van der Waals surface area (Å²) < 4.78 is 28.2. The van der Waals surface area contributed by atoms with E-state index in [4.69, 9.17) is 17.0 Å². The monoisotopic (exact) mass is 644 g/mol. The largest absolute Gasteiger partial charge is 0.472 e. The summed E-state index contributed by atoms with van der Waals surface area (Å²) in [5.41, 5.74) is 3.64. The van der Waals surface area contributed by atoms with Crippen LogP contribution in [-0.2, 0) is 38.6 Å². The number of hydrogen-bond acceptors (Lipinski definition) is 8. The summed E-state index contributed by atoms with van der Waals surface area (Å²) in [6.07, 6.45) is 3.21. The highest BCUT2D eigenvalue weighted by atomic mass is 127. The number of benzene rings is 2. The summed E-state index contributed by atoms with van der Waals surface area (Å²) in [4.78, 5) is 17.4. The Kier molecular flexibility index (Phi) is 10.9. The Balaban J connectivity index is 0.00000432. The summed E-state index contributed by atoms with van der Waals surface area (Å²) >= 11 is 6.27. The minimum atomic E-state index is -3.24. The molecule has 3 rings (SSSR count). The molecule has 1 aromatic heterocycles. The molecule has 1 heterocycles. The Bertz CT molecular complexity index is 1310. The number of aromatic nitrogens is 1. The van der Waals surface area contributed by atoms with Gasteiger partial charge in [0, 0.05) is 24.5 Å². The fourth-order valence-electron chi connectivity index (χ4n) is 3.09. The van der Waals surface area contributed by atoms with Gasteiger partial charge in [-0.15, -0.1) is 40.4 Å². The molecule has 0 aliphatic heterocycles. The lowest BCUT2D eigenvalue weighted by Crippen LogP contribution is -2.05. The maximum absolute atomic E-state index is 11.7. The minimum absolute atomic E-state index is 0. The maximum Gasteiger partial charge on any atom is 0.302 e. The molecule has 0 saturated heterocycles. The van der Waals surface area contributed by atoms with E-state index in [1.54, 1.807) is 24.3 Å². The lowest BCUT2D eigenvalue weighted by Gasteiger charge is -2.05. The molecule has 3 aromatic rings. The van der Waals surface area contributed by atoms with Crippen LogP contribution in [0, 0.1) is 0 Å². The molecule has 1 amide bonds. The van der Waals surface area contributed by atoms with Crippen LogP contribution in [0.4, 0.5) is 10.8 Å². The van der Waals surface area contributed by atoms with Gasteiger partial charge in [-0.25, -0.2) is 13.4 Å². The Hall–Kier alpha value is -2.29. The van der Waals surface area contributed by atoms with Crippen LogP contribution >= 0.6 is 47.5 Å². The van der Waals surface area contributed by atoms with Crippen LogP contribution in [0.2, 0.25) is 0 Å². The van der Waals surface area contributed by atoms with Crippen molar-refractivity contribution in [2.75, 3.05) is 18.7 Å². The van der Waals surface area contributed by atoms with Crippen molar-refractivity contribution >= 4 is 79.3 Å². The molecular weight excluding hydrogens is 619 g/mol. The third-order valence-corrected chi connectivity index (χ3v) is 7.18. The molecule has 0 saturated carbocycles. The van der Waals surface area contributed by atoms with Gasteiger partial charge in [0.1, 0.15) is 0 Å². The van der Waals surface area contributed by atoms with Crippen LogP contribution in [-0.4, -0.2) is 37.8 Å². The molecule has 0 atom stereocenters. The number of hydrogen-bond donors (Lipinski definition) is 1. The van der Waals surface area contributed by atoms with E-state index >= 15 is 0 Å². The summed E-state index contributed by atoms with van der Waals surface area (Å²) in [6, 6.07) is 14.5. The molecule has 0 fully saturated rings. The molecular formula is C23H25IN4O4S3. The molecule has 0 unspecified atom stereocenters. The Morgan fingerprint density at radius 3 is 2.29 bits per heavy atom. The molecule has 35 heavy (non-hydrogen) atoms. The average molecular weight is 645 g/mol. The summed E-state index contributed by atoms with van der Waals surface area (Å²) in [5, 5.41) is 11.2. The number of sulfone groups is 1. The summed E-state index contributed by atoms with van der Waals surface area (Å²) in [5.74, 6) is -0.179. The van der Waals surface area contributed by atoms with Crippen molar-refractivity contribution in [3.8, 4) is 0 Å². The van der Waals surface area contributed by atoms with E-state index in [2.05, 4.69) is 20.5 Å². The van der Waals surface area contributed by atoms with Crippen molar-refractivity contribution in [3.05, 3.63) is 70.2 Å². The zero-order chi connectivity index (χ0) is 24.7. The fourth-order valence-corrected chi connectivity index (χ4v) is 4.85. The molecule has 8 nitrogen and oxygen atoms in total. The highest BCUT2D eigenvalue weighted by Gasteiger charge is 2.14. The minimum Gasteiger partial charge on any atom is -0.472 e. The van der Waals surface area contributed by atoms with Crippen LogP contribution in [0.3, 0.4) is 0 Å². The quantitative estimate of drug-likeness (QED) is 0.197. The van der Waals surface area contributed by atoms with Crippen molar-refractivity contribution < 1.29 is 17.9 Å². The van der Waals surface area contributed by atoms with Gasteiger partial charge in [0.05, 0.1) is 23.4 Å². The van der Waals surface area contributed by atoms with E-state index in [1.807, 2.05) is 24.3 Å². The van der Waals surface area contributed by atoms with Crippen LogP contribution in [0.1, 0.15) is 28.6 Å². The van der Waals surface area contributed by atoms with Gasteiger partial charge in [-0.3, -0.25) is 4.79 Å². The van der Waals surface area contributed by atoms with E-state index in [-0.39, 0.29) is 40.0 Å². The molecule has 2 aromatic carbocycles. The number of carbonyl (C=O) groups is 1. The summed E-state index contributed by atoms with van der Waals surface area (Å²) in [6.45, 7) is 1.45. The number of thiazole rings is 1. The zero-order valence-electron chi connectivity index (χ0n) is 19.3. The number of thiocarbonyl (C=S) groups is 1. The Labute approximate surface area is 231 Å². The normalized spacial score (nSPS) is 11.2. The average Bonchev–Trinajstić information content (AvgIpc) is 3.16. The number of ether oxygens (including phenoxy) is 1. The van der Waals surface area contributed by atoms with Gasteiger partial charge in [0.2, 0.25) is 5.91 Å². The SMILES string of the molecule is COC(=S)N=Nc1ccc(CCc2nc(NC(C)=O)sc2Cc2ccc(S(C)(=O)=O)cc2)cc1.I. The topological polar surface area (TPSA) is 110 Å². The first-order chi connectivity index (χ1) is 16.1. The second-order valence-corrected chi connectivity index (χ2v) is 10.9. The number of azo groups is 1. The van der Waals surface area contributed by atoms with E-state index in [9.17, 15) is 13.2 Å². The van der Waals surface area contributed by atoms with Crippen LogP contribution in [0.25, 0.3) is 0 Å². The number of nitrogens with zero attached hydrogens (tertiary/aromatic N) is 3. The highest BCUT2D eigenvalue weighted by Crippen LogP contribution is 2.28. The first kappa shape index (κ1) is 28.9. The molecule has 12 heteroatoms. The van der Waals surface area contributed by atoms with Crippen LogP contribution < -0.4 is 5.32 Å². The fraction of sp³-hybridized carbons (Fsp3) is 0.261. The molecule has 0 spiro atoms. The van der Waals surface area contributed by atoms with Crippen LogP contribution in [0.15, 0.2) is 63.7 Å². The molecule has 0 bridgehead atoms. The molecule has 186 valence electrons. The number of rotatable bonds is 8. The van der Waals surface area contributed by atoms with Crippen LogP contribution in [0.5, 0.6) is 0 Å². The van der Waals surface area contributed by atoms with E-state index < -0.39 is 9.84 Å². The summed E-state index contributed by atoms with van der Waals surface area (Å²) in [7, 11) is -1.80. The van der Waals surface area contributed by atoms with E-state index in [1.165, 1.54) is 31.6 Å². The predicted octanol–water partition coefficient (Wildman–Crippen LogP) is 5.51. The number of carbonyl (C=O) groups excluding carboxylic acids is 1. The highest BCUT2D eigenvalue weighted by molar-refractivity contribution is 14.0. The number of anilines is 1. The zero-order valence-corrected chi connectivity index (χ0v) is 24.1. The second-order valence-electron chi connectivity index (χ2n) is 7.50. The van der Waals surface area contributed by atoms with Gasteiger partial charge < -0.3 is 10.1 Å². The third kappa shape index (κ3) is 9.02. The van der Waals surface area contributed by atoms with Crippen molar-refractivity contribution in [2.45, 2.75) is 31.1 Å². The van der Waals surface area contributed by atoms with Crippen molar-refractivity contribution in [3.63, 3.8) is 0 Å². The lowest BCUT2D eigenvalue weighted by atomic mass is 10.0. The lowest BCUT2D eigenvalue weighted by molar-refractivity contribution is -0.114. The van der Waals surface area contributed by atoms with Gasteiger partial charge in [0.15, 0.2) is 15.0 Å². The molecule has 0 aliphatic carbocycles. The first-order valence-corrected chi connectivity index (χ1v) is 13.4. The van der Waals surface area contributed by atoms with Gasteiger partial charge in [-0.1, -0.05) is 29.4 Å². The molecule has 0 aliphatic rings. The smallest absolute Gasteiger partial charge is 0.302 e. The Morgan fingerprint density at radius 2 is 1.71 bits per heavy atom. The Morgan fingerprint density at radius 1 is 1.09 bits per heavy atom. The van der Waals surface area contributed by atoms with Crippen molar-refractivity contribution in [1.82, 2.24) is 4.98 Å². The third-order valence-electron chi connectivity index (χ3n) is 4.79. The van der Waals surface area contributed by atoms with Gasteiger partial charge in [-0.2, -0.15) is 0 Å². The standard InChI is InChI=1S/C23H24N4O4S3.HI/c1-15(28)24-22-25-20(13-8-16-4-9-18(10-5-16)26-27-23(32)31-2)21(33-22)14-17-6-11-19(12-7-17)34(3,29)30;/h4-7,9-12H,8,13-14H2,1-3H3,(H,24,25,28);1H. The van der Waals surface area contributed by atoms with Gasteiger partial charge in [-0.05, 0) is 60.5 Å². The van der Waals surface area contributed by atoms with Gasteiger partial charge >= 0.3 is 5.17 Å². The first-order valence-electron chi connectivity index (χ1n) is 10.3. The van der Waals surface area contributed by atoms with Crippen molar-refractivity contribution in [1.29, 1.82) is 0 Å². The molecule has 1 N–H and O–H groups in total. The second kappa shape index (κ2) is 13.1. The number of nitrogens with one attached hydrogen (secondary N) is 1. The van der Waals surface area contributed by atoms with Crippen molar-refractivity contribution in [2.24, 2.45) is 10.2 Å². The van der Waals surface area contributed by atoms with E-state index in [0.717, 1.165) is 28.1 Å². The number of halogens is 1. The predicted molar refractivity (Wildman–Crippen MR) is 152 cm³/mol. The van der Waals surface area contributed by atoms with Gasteiger partial charge in [0.25, 0.3) is 0 Å².